The lowest BCUT2D eigenvalue weighted by Crippen LogP contribution is -2.70. The molecule has 2 bridgehead atoms. The summed E-state index contributed by atoms with van der Waals surface area (Å²) in [6.45, 7) is 1.77. The van der Waals surface area contributed by atoms with Crippen LogP contribution in [0.2, 0.25) is 0 Å². The second kappa shape index (κ2) is 8.95. The molecule has 0 unspecified atom stereocenters. The summed E-state index contributed by atoms with van der Waals surface area (Å²) in [7, 11) is 0. The standard InChI is InChI=1S/C24H28F2N4O4/c1-23(34,15-5-3-2-4-6-15)22(33)30-17-7-8-18(24(25,26)12-17)19(30)21(32)29-16(13-27)11-14-9-10-28-20(14)31/h2-6,14,16-19,34H,7-12H2,1H3,(H,28,31)(H,29,32)/t14-,16+,17+,18+,19-,23+/m0/s1. The number of hydrogen-bond acceptors (Lipinski definition) is 5. The lowest BCUT2D eigenvalue weighted by atomic mass is 9.70. The van der Waals surface area contributed by atoms with Crippen LogP contribution in [-0.2, 0) is 20.0 Å². The Bertz CT molecular complexity index is 1010. The van der Waals surface area contributed by atoms with Crippen LogP contribution in [0.1, 0.15) is 44.6 Å². The minimum absolute atomic E-state index is 0.0509. The Hall–Kier alpha value is -3.06. The zero-order valence-corrected chi connectivity index (χ0v) is 18.8. The quantitative estimate of drug-likeness (QED) is 0.576. The number of fused-ring (bicyclic) bond motifs is 3. The first-order valence-electron chi connectivity index (χ1n) is 11.5. The SMILES string of the molecule is C[C@](O)(C(=O)N1[C@@H]2CC[C@H]([C@H]1C(=O)N[C@@H](C#N)C[C@@H]1CCNC1=O)C(F)(F)C2)c1ccccc1. The van der Waals surface area contributed by atoms with Gasteiger partial charge in [0.1, 0.15) is 12.1 Å². The molecular formula is C24H28F2N4O4. The van der Waals surface area contributed by atoms with Gasteiger partial charge in [-0.15, -0.1) is 0 Å². The number of amides is 3. The van der Waals surface area contributed by atoms with Crippen molar-refractivity contribution in [3.63, 3.8) is 0 Å². The number of carbonyl (C=O) groups excluding carboxylic acids is 3. The molecule has 0 spiro atoms. The fourth-order valence-corrected chi connectivity index (χ4v) is 5.49. The number of alkyl halides is 2. The van der Waals surface area contributed by atoms with Crippen LogP contribution in [0.5, 0.6) is 0 Å². The fourth-order valence-electron chi connectivity index (χ4n) is 5.49. The fraction of sp³-hybridized carbons (Fsp3) is 0.583. The summed E-state index contributed by atoms with van der Waals surface area (Å²) < 4.78 is 29.7. The maximum Gasteiger partial charge on any atom is 0.259 e. The molecule has 10 heteroatoms. The minimum atomic E-state index is -3.16. The molecule has 0 aromatic heterocycles. The largest absolute Gasteiger partial charge is 0.376 e. The monoisotopic (exact) mass is 474 g/mol. The lowest BCUT2D eigenvalue weighted by molar-refractivity contribution is -0.203. The Balaban J connectivity index is 1.60. The summed E-state index contributed by atoms with van der Waals surface area (Å²) in [4.78, 5) is 39.8. The van der Waals surface area contributed by atoms with E-state index in [4.69, 9.17) is 0 Å². The highest BCUT2D eigenvalue weighted by Gasteiger charge is 2.62. The molecular weight excluding hydrogens is 446 g/mol. The highest BCUT2D eigenvalue weighted by molar-refractivity contribution is 5.93. The second-order valence-electron chi connectivity index (χ2n) is 9.60. The normalized spacial score (nSPS) is 30.1. The number of benzene rings is 1. The van der Waals surface area contributed by atoms with Crippen molar-refractivity contribution in [2.45, 2.75) is 68.7 Å². The number of carbonyl (C=O) groups is 3. The molecule has 1 aromatic carbocycles. The predicted octanol–water partition coefficient (Wildman–Crippen LogP) is 1.44. The van der Waals surface area contributed by atoms with Crippen molar-refractivity contribution in [3.8, 4) is 6.07 Å². The van der Waals surface area contributed by atoms with Gasteiger partial charge in [0.05, 0.1) is 12.0 Å². The van der Waals surface area contributed by atoms with Crippen molar-refractivity contribution >= 4 is 17.7 Å². The number of hydrogen-bond donors (Lipinski definition) is 3. The molecule has 3 N–H and O–H groups in total. The van der Waals surface area contributed by atoms with Crippen molar-refractivity contribution in [1.82, 2.24) is 15.5 Å². The van der Waals surface area contributed by atoms with Gasteiger partial charge in [-0.25, -0.2) is 8.78 Å². The van der Waals surface area contributed by atoms with E-state index < -0.39 is 59.7 Å². The average molecular weight is 475 g/mol. The first kappa shape index (κ1) is 24.1. The first-order chi connectivity index (χ1) is 16.1. The third-order valence-electron chi connectivity index (χ3n) is 7.35. The molecule has 182 valence electrons. The van der Waals surface area contributed by atoms with Crippen molar-refractivity contribution < 1.29 is 28.3 Å². The number of piperidine rings is 2. The number of rotatable bonds is 6. The van der Waals surface area contributed by atoms with Crippen molar-refractivity contribution in [2.75, 3.05) is 6.54 Å². The van der Waals surface area contributed by atoms with Gasteiger partial charge >= 0.3 is 0 Å². The number of halogens is 2. The molecule has 1 saturated carbocycles. The van der Waals surface area contributed by atoms with Gasteiger partial charge in [0.2, 0.25) is 11.8 Å². The molecule has 1 aromatic rings. The summed E-state index contributed by atoms with van der Waals surface area (Å²) in [5.41, 5.74) is -1.74. The van der Waals surface area contributed by atoms with Crippen LogP contribution in [0.3, 0.4) is 0 Å². The van der Waals surface area contributed by atoms with Crippen LogP contribution in [0.15, 0.2) is 30.3 Å². The predicted molar refractivity (Wildman–Crippen MR) is 116 cm³/mol. The maximum absolute atomic E-state index is 14.9. The van der Waals surface area contributed by atoms with Gasteiger partial charge in [0.15, 0.2) is 5.60 Å². The third-order valence-corrected chi connectivity index (χ3v) is 7.35. The smallest absolute Gasteiger partial charge is 0.259 e. The van der Waals surface area contributed by atoms with E-state index in [9.17, 15) is 33.5 Å². The summed E-state index contributed by atoms with van der Waals surface area (Å²) in [6.07, 6.45) is 0.340. The van der Waals surface area contributed by atoms with E-state index in [1.54, 1.807) is 30.3 Å². The third kappa shape index (κ3) is 4.25. The van der Waals surface area contributed by atoms with E-state index in [2.05, 4.69) is 10.6 Å². The Labute approximate surface area is 196 Å². The molecule has 4 fully saturated rings. The van der Waals surface area contributed by atoms with Crippen molar-refractivity contribution in [2.24, 2.45) is 11.8 Å². The van der Waals surface area contributed by atoms with Gasteiger partial charge < -0.3 is 20.6 Å². The molecule has 6 atom stereocenters. The van der Waals surface area contributed by atoms with E-state index >= 15 is 0 Å². The topological polar surface area (TPSA) is 123 Å². The van der Waals surface area contributed by atoms with E-state index in [0.717, 1.165) is 4.90 Å². The van der Waals surface area contributed by atoms with E-state index in [1.807, 2.05) is 6.07 Å². The Kier molecular flexibility index (Phi) is 6.34. The first-order valence-corrected chi connectivity index (χ1v) is 11.5. The van der Waals surface area contributed by atoms with Crippen LogP contribution in [-0.4, -0.2) is 58.3 Å². The van der Waals surface area contributed by atoms with Crippen LogP contribution in [0.4, 0.5) is 8.78 Å². The van der Waals surface area contributed by atoms with Crippen LogP contribution in [0.25, 0.3) is 0 Å². The minimum Gasteiger partial charge on any atom is -0.376 e. The summed E-state index contributed by atoms with van der Waals surface area (Å²) >= 11 is 0. The van der Waals surface area contributed by atoms with Crippen LogP contribution >= 0.6 is 0 Å². The Morgan fingerprint density at radius 2 is 2.03 bits per heavy atom. The number of nitrogens with one attached hydrogen (secondary N) is 2. The molecule has 0 radical (unpaired) electrons. The van der Waals surface area contributed by atoms with E-state index in [-0.39, 0.29) is 24.3 Å². The van der Waals surface area contributed by atoms with Gasteiger partial charge in [-0.3, -0.25) is 14.4 Å². The van der Waals surface area contributed by atoms with Crippen LogP contribution < -0.4 is 10.6 Å². The molecule has 3 heterocycles. The van der Waals surface area contributed by atoms with Crippen LogP contribution in [0, 0.1) is 23.2 Å². The number of nitrogens with zero attached hydrogens (tertiary/aromatic N) is 2. The molecule has 3 amide bonds. The van der Waals surface area contributed by atoms with Gasteiger partial charge in [0.25, 0.3) is 11.8 Å². The van der Waals surface area contributed by atoms with Gasteiger partial charge in [-0.2, -0.15) is 5.26 Å². The average Bonchev–Trinajstić information content (AvgIpc) is 3.21. The highest BCUT2D eigenvalue weighted by Crippen LogP contribution is 2.50. The molecule has 5 rings (SSSR count). The molecule has 3 saturated heterocycles. The molecule has 4 aliphatic rings. The molecule has 1 aliphatic carbocycles. The van der Waals surface area contributed by atoms with Gasteiger partial charge in [0, 0.05) is 24.9 Å². The lowest BCUT2D eigenvalue weighted by Gasteiger charge is -2.54. The van der Waals surface area contributed by atoms with Crippen molar-refractivity contribution in [3.05, 3.63) is 35.9 Å². The number of aliphatic hydroxyl groups is 1. The molecule has 34 heavy (non-hydrogen) atoms. The summed E-state index contributed by atoms with van der Waals surface area (Å²) in [6, 6.07) is 6.55. The van der Waals surface area contributed by atoms with Gasteiger partial charge in [-0.05, 0) is 38.2 Å². The summed E-state index contributed by atoms with van der Waals surface area (Å²) in [5.74, 6) is -6.95. The molecule has 8 nitrogen and oxygen atoms in total. The van der Waals surface area contributed by atoms with Gasteiger partial charge in [-0.1, -0.05) is 30.3 Å². The van der Waals surface area contributed by atoms with E-state index in [1.165, 1.54) is 6.92 Å². The Morgan fingerprint density at radius 1 is 1.32 bits per heavy atom. The zero-order chi connectivity index (χ0) is 24.7. The van der Waals surface area contributed by atoms with Crippen molar-refractivity contribution in [1.29, 1.82) is 5.26 Å². The van der Waals surface area contributed by atoms with E-state index in [0.29, 0.717) is 19.4 Å². The zero-order valence-electron chi connectivity index (χ0n) is 18.8. The Morgan fingerprint density at radius 3 is 2.62 bits per heavy atom. The maximum atomic E-state index is 14.9. The summed E-state index contributed by atoms with van der Waals surface area (Å²) in [5, 5.41) is 25.8. The second-order valence-corrected chi connectivity index (χ2v) is 9.60. The highest BCUT2D eigenvalue weighted by atomic mass is 19.3. The number of nitriles is 1. The molecule has 3 aliphatic heterocycles.